The van der Waals surface area contributed by atoms with Crippen LogP contribution >= 0.6 is 0 Å². The Bertz CT molecular complexity index is 588. The Balaban J connectivity index is 2.53. The number of hydrogen-bond donors (Lipinski definition) is 1. The molecular weight excluding hydrogens is 270 g/mol. The van der Waals surface area contributed by atoms with Crippen LogP contribution in [0.15, 0.2) is 24.4 Å². The van der Waals surface area contributed by atoms with Crippen molar-refractivity contribution in [2.24, 2.45) is 7.05 Å². The van der Waals surface area contributed by atoms with Crippen molar-refractivity contribution in [1.82, 2.24) is 15.1 Å². The molecule has 1 atom stereocenters. The minimum absolute atomic E-state index is 0.0866. The lowest BCUT2D eigenvalue weighted by atomic mass is 10.0. The van der Waals surface area contributed by atoms with E-state index in [9.17, 15) is 0 Å². The van der Waals surface area contributed by atoms with E-state index in [1.165, 1.54) is 0 Å². The second-order valence-electron chi connectivity index (χ2n) is 4.59. The summed E-state index contributed by atoms with van der Waals surface area (Å²) in [5, 5.41) is 7.54. The fourth-order valence-electron chi connectivity index (χ4n) is 2.37. The Labute approximate surface area is 124 Å². The molecule has 0 saturated heterocycles. The third-order valence-electron chi connectivity index (χ3n) is 3.44. The van der Waals surface area contributed by atoms with Crippen LogP contribution in [-0.2, 0) is 7.05 Å². The van der Waals surface area contributed by atoms with Crippen molar-refractivity contribution in [2.75, 3.05) is 28.4 Å². The summed E-state index contributed by atoms with van der Waals surface area (Å²) in [4.78, 5) is 0. The molecule has 0 amide bonds. The summed E-state index contributed by atoms with van der Waals surface area (Å²) in [6, 6.07) is 5.69. The van der Waals surface area contributed by atoms with Crippen molar-refractivity contribution in [2.45, 2.75) is 6.04 Å². The second kappa shape index (κ2) is 6.49. The quantitative estimate of drug-likeness (QED) is 0.879. The highest BCUT2D eigenvalue weighted by Crippen LogP contribution is 2.33. The molecule has 0 spiro atoms. The Morgan fingerprint density at radius 1 is 1.05 bits per heavy atom. The molecule has 0 bridgehead atoms. The molecule has 0 aliphatic carbocycles. The van der Waals surface area contributed by atoms with E-state index < -0.39 is 0 Å². The Morgan fingerprint density at radius 3 is 2.14 bits per heavy atom. The first-order valence-electron chi connectivity index (χ1n) is 6.60. The highest BCUT2D eigenvalue weighted by Gasteiger charge is 2.22. The van der Waals surface area contributed by atoms with Gasteiger partial charge >= 0.3 is 0 Å². The lowest BCUT2D eigenvalue weighted by Gasteiger charge is -2.20. The van der Waals surface area contributed by atoms with Crippen molar-refractivity contribution in [3.63, 3.8) is 0 Å². The minimum atomic E-state index is -0.0866. The second-order valence-corrected chi connectivity index (χ2v) is 4.59. The largest absolute Gasteiger partial charge is 0.497 e. The van der Waals surface area contributed by atoms with Crippen LogP contribution in [-0.4, -0.2) is 38.2 Å². The summed E-state index contributed by atoms with van der Waals surface area (Å²) >= 11 is 0. The number of methoxy groups -OCH3 is 3. The molecule has 0 radical (unpaired) electrons. The number of ether oxygens (including phenoxy) is 3. The Morgan fingerprint density at radius 2 is 1.67 bits per heavy atom. The molecule has 114 valence electrons. The van der Waals surface area contributed by atoms with Crippen LogP contribution in [0.1, 0.15) is 17.3 Å². The molecule has 0 aliphatic heterocycles. The van der Waals surface area contributed by atoms with E-state index in [1.54, 1.807) is 32.2 Å². The summed E-state index contributed by atoms with van der Waals surface area (Å²) in [7, 11) is 8.69. The molecule has 6 heteroatoms. The zero-order valence-electron chi connectivity index (χ0n) is 13.0. The predicted molar refractivity (Wildman–Crippen MR) is 80.2 cm³/mol. The molecule has 1 heterocycles. The lowest BCUT2D eigenvalue weighted by molar-refractivity contribution is 0.390. The molecule has 2 aromatic rings. The summed E-state index contributed by atoms with van der Waals surface area (Å²) in [5.41, 5.74) is 1.95. The first-order valence-corrected chi connectivity index (χ1v) is 6.60. The number of rotatable bonds is 6. The van der Waals surface area contributed by atoms with Crippen LogP contribution in [0.25, 0.3) is 0 Å². The van der Waals surface area contributed by atoms with Crippen molar-refractivity contribution < 1.29 is 14.2 Å². The van der Waals surface area contributed by atoms with Gasteiger partial charge in [0.25, 0.3) is 0 Å². The summed E-state index contributed by atoms with van der Waals surface area (Å²) < 4.78 is 17.9. The zero-order chi connectivity index (χ0) is 15.4. The average molecular weight is 291 g/mol. The number of benzene rings is 1. The first-order chi connectivity index (χ1) is 10.1. The smallest absolute Gasteiger partial charge is 0.161 e. The van der Waals surface area contributed by atoms with Gasteiger partial charge in [-0.3, -0.25) is 4.68 Å². The highest BCUT2D eigenvalue weighted by molar-refractivity contribution is 5.44. The maximum absolute atomic E-state index is 5.40. The summed E-state index contributed by atoms with van der Waals surface area (Å²) in [6.45, 7) is 0. The maximum atomic E-state index is 5.40. The molecule has 0 saturated carbocycles. The molecule has 1 aromatic carbocycles. The van der Waals surface area contributed by atoms with Gasteiger partial charge in [-0.1, -0.05) is 0 Å². The Kier molecular flexibility index (Phi) is 4.70. The Hall–Kier alpha value is -2.21. The van der Waals surface area contributed by atoms with Gasteiger partial charge in [-0.05, 0) is 24.7 Å². The van der Waals surface area contributed by atoms with Gasteiger partial charge in [0.05, 0.1) is 33.6 Å². The van der Waals surface area contributed by atoms with Gasteiger partial charge in [0.15, 0.2) is 5.75 Å². The van der Waals surface area contributed by atoms with E-state index in [2.05, 4.69) is 10.4 Å². The van der Waals surface area contributed by atoms with Gasteiger partial charge in [0.2, 0.25) is 0 Å². The van der Waals surface area contributed by atoms with Crippen molar-refractivity contribution >= 4 is 0 Å². The van der Waals surface area contributed by atoms with Crippen molar-refractivity contribution in [1.29, 1.82) is 0 Å². The SMILES string of the molecule is CNC(c1cc(OC)cc(OC)c1)c1c(OC)cnn1C. The molecular formula is C15H21N3O3. The van der Waals surface area contributed by atoms with Gasteiger partial charge in [0, 0.05) is 13.1 Å². The summed E-state index contributed by atoms with van der Waals surface area (Å²) in [6.07, 6.45) is 1.71. The number of aryl methyl sites for hydroxylation is 1. The van der Waals surface area contributed by atoms with Gasteiger partial charge in [-0.15, -0.1) is 0 Å². The van der Waals surface area contributed by atoms with E-state index in [4.69, 9.17) is 14.2 Å². The minimum Gasteiger partial charge on any atom is -0.497 e. The molecule has 0 aliphatic rings. The van der Waals surface area contributed by atoms with Crippen LogP contribution in [0.3, 0.4) is 0 Å². The fourth-order valence-corrected chi connectivity index (χ4v) is 2.37. The van der Waals surface area contributed by atoms with Crippen LogP contribution in [0.2, 0.25) is 0 Å². The zero-order valence-corrected chi connectivity index (χ0v) is 13.0. The van der Waals surface area contributed by atoms with E-state index in [0.29, 0.717) is 0 Å². The van der Waals surface area contributed by atoms with Gasteiger partial charge in [0.1, 0.15) is 17.2 Å². The first kappa shape index (κ1) is 15.2. The average Bonchev–Trinajstić information content (AvgIpc) is 2.89. The van der Waals surface area contributed by atoms with E-state index in [-0.39, 0.29) is 6.04 Å². The lowest BCUT2D eigenvalue weighted by Crippen LogP contribution is -2.21. The van der Waals surface area contributed by atoms with Crippen LogP contribution in [0, 0.1) is 0 Å². The third kappa shape index (κ3) is 2.95. The monoisotopic (exact) mass is 291 g/mol. The van der Waals surface area contributed by atoms with Gasteiger partial charge < -0.3 is 19.5 Å². The molecule has 1 unspecified atom stereocenters. The molecule has 21 heavy (non-hydrogen) atoms. The van der Waals surface area contributed by atoms with Crippen LogP contribution < -0.4 is 19.5 Å². The molecule has 0 fully saturated rings. The maximum Gasteiger partial charge on any atom is 0.161 e. The van der Waals surface area contributed by atoms with E-state index in [1.807, 2.05) is 32.3 Å². The fraction of sp³-hybridized carbons (Fsp3) is 0.400. The predicted octanol–water partition coefficient (Wildman–Crippen LogP) is 1.75. The van der Waals surface area contributed by atoms with E-state index >= 15 is 0 Å². The topological polar surface area (TPSA) is 57.5 Å². The number of nitrogens with zero attached hydrogens (tertiary/aromatic N) is 2. The molecule has 6 nitrogen and oxygen atoms in total. The van der Waals surface area contributed by atoms with Gasteiger partial charge in [-0.2, -0.15) is 5.10 Å². The van der Waals surface area contributed by atoms with Crippen molar-refractivity contribution in [3.05, 3.63) is 35.7 Å². The molecule has 1 N–H and O–H groups in total. The van der Waals surface area contributed by atoms with Gasteiger partial charge in [-0.25, -0.2) is 0 Å². The van der Waals surface area contributed by atoms with Crippen LogP contribution in [0.4, 0.5) is 0 Å². The highest BCUT2D eigenvalue weighted by atomic mass is 16.5. The normalized spacial score (nSPS) is 12.0. The van der Waals surface area contributed by atoms with E-state index in [0.717, 1.165) is 28.5 Å². The number of hydrogen-bond acceptors (Lipinski definition) is 5. The molecule has 2 rings (SSSR count). The third-order valence-corrected chi connectivity index (χ3v) is 3.44. The summed E-state index contributed by atoms with van der Waals surface area (Å²) in [5.74, 6) is 2.22. The molecule has 1 aromatic heterocycles. The van der Waals surface area contributed by atoms with Crippen LogP contribution in [0.5, 0.6) is 17.2 Å². The standard InChI is InChI=1S/C15H21N3O3/c1-16-14(15-13(21-5)9-17-18(15)2)10-6-11(19-3)8-12(7-10)20-4/h6-9,14,16H,1-5H3. The van der Waals surface area contributed by atoms with Crippen molar-refractivity contribution in [3.8, 4) is 17.2 Å². The number of aromatic nitrogens is 2. The number of nitrogens with one attached hydrogen (secondary N) is 1.